The summed E-state index contributed by atoms with van der Waals surface area (Å²) >= 11 is 0. The van der Waals surface area contributed by atoms with Crippen molar-refractivity contribution in [2.24, 2.45) is 5.92 Å². The Balaban J connectivity index is 1.60. The molecule has 0 aromatic rings. The molecule has 1 amide bonds. The van der Waals surface area contributed by atoms with E-state index in [0.717, 1.165) is 18.8 Å². The van der Waals surface area contributed by atoms with E-state index in [1.807, 2.05) is 0 Å². The van der Waals surface area contributed by atoms with E-state index < -0.39 is 0 Å². The maximum Gasteiger partial charge on any atom is 0.234 e. The monoisotopic (exact) mass is 224 g/mol. The lowest BCUT2D eigenvalue weighted by molar-refractivity contribution is -0.121. The van der Waals surface area contributed by atoms with E-state index in [1.165, 1.54) is 32.1 Å². The van der Waals surface area contributed by atoms with Crippen LogP contribution in [0.4, 0.5) is 0 Å². The van der Waals surface area contributed by atoms with Crippen molar-refractivity contribution in [3.8, 4) is 0 Å². The normalized spacial score (nSPS) is 30.8. The molecule has 3 heteroatoms. The van der Waals surface area contributed by atoms with Crippen molar-refractivity contribution in [2.75, 3.05) is 6.54 Å². The van der Waals surface area contributed by atoms with E-state index in [9.17, 15) is 4.79 Å². The first-order chi connectivity index (χ1) is 7.74. The molecule has 0 aromatic heterocycles. The Morgan fingerprint density at radius 2 is 1.88 bits per heavy atom. The molecule has 0 radical (unpaired) electrons. The van der Waals surface area contributed by atoms with Crippen LogP contribution in [-0.4, -0.2) is 24.5 Å². The molecule has 0 saturated heterocycles. The second kappa shape index (κ2) is 5.67. The zero-order chi connectivity index (χ0) is 11.4. The SMILES string of the molecule is CC1CCC(NC(=O)CNC2CCCC2)C1. The predicted octanol–water partition coefficient (Wildman–Crippen LogP) is 1.82. The first-order valence-electron chi connectivity index (χ1n) is 6.77. The van der Waals surface area contributed by atoms with Crippen LogP contribution in [0, 0.1) is 5.92 Å². The molecule has 0 aliphatic heterocycles. The fraction of sp³-hybridized carbons (Fsp3) is 0.923. The van der Waals surface area contributed by atoms with Crippen LogP contribution in [0.2, 0.25) is 0 Å². The summed E-state index contributed by atoms with van der Waals surface area (Å²) in [4.78, 5) is 11.7. The molecule has 92 valence electrons. The summed E-state index contributed by atoms with van der Waals surface area (Å²) in [5.74, 6) is 0.971. The second-order valence-electron chi connectivity index (χ2n) is 5.54. The van der Waals surface area contributed by atoms with Crippen LogP contribution in [0.15, 0.2) is 0 Å². The summed E-state index contributed by atoms with van der Waals surface area (Å²) in [6.45, 7) is 2.78. The summed E-state index contributed by atoms with van der Waals surface area (Å²) in [7, 11) is 0. The highest BCUT2D eigenvalue weighted by Crippen LogP contribution is 2.24. The van der Waals surface area contributed by atoms with E-state index in [2.05, 4.69) is 17.6 Å². The lowest BCUT2D eigenvalue weighted by atomic mass is 10.1. The van der Waals surface area contributed by atoms with Crippen molar-refractivity contribution < 1.29 is 4.79 Å². The number of carbonyl (C=O) groups excluding carboxylic acids is 1. The minimum atomic E-state index is 0.186. The van der Waals surface area contributed by atoms with Gasteiger partial charge in [0.2, 0.25) is 5.91 Å². The van der Waals surface area contributed by atoms with Crippen LogP contribution in [0.3, 0.4) is 0 Å². The van der Waals surface area contributed by atoms with Gasteiger partial charge in [0, 0.05) is 12.1 Å². The number of hydrogen-bond acceptors (Lipinski definition) is 2. The number of carbonyl (C=O) groups is 1. The van der Waals surface area contributed by atoms with Gasteiger partial charge >= 0.3 is 0 Å². The molecule has 16 heavy (non-hydrogen) atoms. The zero-order valence-corrected chi connectivity index (χ0v) is 10.3. The van der Waals surface area contributed by atoms with Gasteiger partial charge < -0.3 is 10.6 Å². The van der Waals surface area contributed by atoms with Crippen LogP contribution in [0.5, 0.6) is 0 Å². The van der Waals surface area contributed by atoms with Crippen molar-refractivity contribution in [1.29, 1.82) is 0 Å². The fourth-order valence-corrected chi connectivity index (χ4v) is 2.98. The number of nitrogens with one attached hydrogen (secondary N) is 2. The van der Waals surface area contributed by atoms with Gasteiger partial charge in [0.25, 0.3) is 0 Å². The van der Waals surface area contributed by atoms with Crippen molar-refractivity contribution >= 4 is 5.91 Å². The van der Waals surface area contributed by atoms with Crippen molar-refractivity contribution in [3.05, 3.63) is 0 Å². The molecule has 2 saturated carbocycles. The standard InChI is InChI=1S/C13H24N2O/c1-10-6-7-12(8-10)15-13(16)9-14-11-4-2-3-5-11/h10-12,14H,2-9H2,1H3,(H,15,16). The van der Waals surface area contributed by atoms with E-state index in [-0.39, 0.29) is 5.91 Å². The van der Waals surface area contributed by atoms with Gasteiger partial charge in [-0.15, -0.1) is 0 Å². The van der Waals surface area contributed by atoms with Crippen LogP contribution < -0.4 is 10.6 Å². The Hall–Kier alpha value is -0.570. The van der Waals surface area contributed by atoms with Gasteiger partial charge in [0.1, 0.15) is 0 Å². The molecular weight excluding hydrogens is 200 g/mol. The van der Waals surface area contributed by atoms with E-state index in [4.69, 9.17) is 0 Å². The average Bonchev–Trinajstić information content (AvgIpc) is 2.87. The van der Waals surface area contributed by atoms with Gasteiger partial charge in [-0.25, -0.2) is 0 Å². The highest BCUT2D eigenvalue weighted by Gasteiger charge is 2.23. The molecule has 0 bridgehead atoms. The van der Waals surface area contributed by atoms with E-state index >= 15 is 0 Å². The quantitative estimate of drug-likeness (QED) is 0.765. The number of amides is 1. The van der Waals surface area contributed by atoms with Crippen LogP contribution in [-0.2, 0) is 4.79 Å². The maximum absolute atomic E-state index is 11.7. The molecule has 0 spiro atoms. The lowest BCUT2D eigenvalue weighted by Gasteiger charge is -2.15. The molecule has 2 unspecified atom stereocenters. The van der Waals surface area contributed by atoms with E-state index in [1.54, 1.807) is 0 Å². The highest BCUT2D eigenvalue weighted by atomic mass is 16.1. The fourth-order valence-electron chi connectivity index (χ4n) is 2.98. The zero-order valence-electron chi connectivity index (χ0n) is 10.3. The van der Waals surface area contributed by atoms with Gasteiger partial charge in [-0.05, 0) is 38.0 Å². The molecule has 2 atom stereocenters. The minimum absolute atomic E-state index is 0.186. The Labute approximate surface area is 98.4 Å². The Morgan fingerprint density at radius 3 is 2.50 bits per heavy atom. The van der Waals surface area contributed by atoms with E-state index in [0.29, 0.717) is 18.6 Å². The largest absolute Gasteiger partial charge is 0.352 e. The number of rotatable bonds is 4. The summed E-state index contributed by atoms with van der Waals surface area (Å²) in [5.41, 5.74) is 0. The van der Waals surface area contributed by atoms with Crippen molar-refractivity contribution in [1.82, 2.24) is 10.6 Å². The minimum Gasteiger partial charge on any atom is -0.352 e. The van der Waals surface area contributed by atoms with Crippen LogP contribution >= 0.6 is 0 Å². The maximum atomic E-state index is 11.7. The van der Waals surface area contributed by atoms with Gasteiger partial charge in [0.05, 0.1) is 6.54 Å². The molecule has 2 aliphatic rings. The third kappa shape index (κ3) is 3.48. The Bertz CT molecular complexity index is 236. The predicted molar refractivity (Wildman–Crippen MR) is 65.2 cm³/mol. The van der Waals surface area contributed by atoms with Gasteiger partial charge in [-0.2, -0.15) is 0 Å². The van der Waals surface area contributed by atoms with Gasteiger partial charge in [-0.1, -0.05) is 19.8 Å². The molecule has 2 rings (SSSR count). The summed E-state index contributed by atoms with van der Waals surface area (Å²) in [5, 5.41) is 6.49. The third-order valence-electron chi connectivity index (χ3n) is 3.97. The molecule has 0 aromatic carbocycles. The molecular formula is C13H24N2O. The van der Waals surface area contributed by atoms with Crippen LogP contribution in [0.25, 0.3) is 0 Å². The second-order valence-corrected chi connectivity index (χ2v) is 5.54. The highest BCUT2D eigenvalue weighted by molar-refractivity contribution is 5.78. The van der Waals surface area contributed by atoms with Gasteiger partial charge in [0.15, 0.2) is 0 Å². The van der Waals surface area contributed by atoms with Crippen molar-refractivity contribution in [2.45, 2.75) is 64.0 Å². The molecule has 2 fully saturated rings. The number of hydrogen-bond donors (Lipinski definition) is 2. The first kappa shape index (κ1) is 11.9. The molecule has 2 aliphatic carbocycles. The summed E-state index contributed by atoms with van der Waals surface area (Å²) in [6, 6.07) is 1.03. The van der Waals surface area contributed by atoms with Gasteiger partial charge in [-0.3, -0.25) is 4.79 Å². The lowest BCUT2D eigenvalue weighted by Crippen LogP contribution is -2.41. The first-order valence-corrected chi connectivity index (χ1v) is 6.77. The Kier molecular flexibility index (Phi) is 4.22. The molecule has 0 heterocycles. The van der Waals surface area contributed by atoms with Crippen LogP contribution in [0.1, 0.15) is 51.9 Å². The summed E-state index contributed by atoms with van der Waals surface area (Å²) in [6.07, 6.45) is 8.72. The third-order valence-corrected chi connectivity index (χ3v) is 3.97. The average molecular weight is 224 g/mol. The summed E-state index contributed by atoms with van der Waals surface area (Å²) < 4.78 is 0. The smallest absolute Gasteiger partial charge is 0.234 e. The van der Waals surface area contributed by atoms with Crippen molar-refractivity contribution in [3.63, 3.8) is 0 Å². The topological polar surface area (TPSA) is 41.1 Å². The Morgan fingerprint density at radius 1 is 1.12 bits per heavy atom. The molecule has 3 nitrogen and oxygen atoms in total. The molecule has 2 N–H and O–H groups in total.